The van der Waals surface area contributed by atoms with Crippen molar-refractivity contribution in [1.82, 2.24) is 14.8 Å². The number of nitrogens with two attached hydrogens (primary N) is 1. The second kappa shape index (κ2) is 8.56. The van der Waals surface area contributed by atoms with Crippen LogP contribution in [0.3, 0.4) is 0 Å². The number of nitrogens with zero attached hydrogens (tertiary/aromatic N) is 3. The maximum absolute atomic E-state index is 11.0. The summed E-state index contributed by atoms with van der Waals surface area (Å²) in [5.41, 5.74) is 5.25. The van der Waals surface area contributed by atoms with Crippen molar-refractivity contribution in [1.29, 1.82) is 0 Å². The van der Waals surface area contributed by atoms with E-state index in [1.165, 1.54) is 32.1 Å². The minimum Gasteiger partial charge on any atom is -0.370 e. The van der Waals surface area contributed by atoms with E-state index in [4.69, 9.17) is 5.73 Å². The van der Waals surface area contributed by atoms with E-state index in [-0.39, 0.29) is 5.91 Å². The third-order valence-electron chi connectivity index (χ3n) is 4.11. The topological polar surface area (TPSA) is 73.8 Å². The molecule has 0 bridgehead atoms. The Morgan fingerprint density at radius 2 is 2.05 bits per heavy atom. The summed E-state index contributed by atoms with van der Waals surface area (Å²) in [5.74, 6) is 3.08. The normalized spacial score (nSPS) is 16.3. The fourth-order valence-electron chi connectivity index (χ4n) is 2.94. The van der Waals surface area contributed by atoms with Gasteiger partial charge in [-0.1, -0.05) is 44.9 Å². The number of carbonyl (C=O) groups is 1. The Kier molecular flexibility index (Phi) is 6.73. The molecular formula is C16H28N4OS. The van der Waals surface area contributed by atoms with Crippen molar-refractivity contribution in [2.24, 2.45) is 17.6 Å². The first-order valence-corrected chi connectivity index (χ1v) is 9.38. The summed E-state index contributed by atoms with van der Waals surface area (Å²) in [7, 11) is 0. The Labute approximate surface area is 137 Å². The number of primary amides is 1. The Bertz CT molecular complexity index is 480. The molecule has 22 heavy (non-hydrogen) atoms. The first-order valence-electron chi connectivity index (χ1n) is 8.39. The molecule has 1 aliphatic rings. The van der Waals surface area contributed by atoms with Crippen molar-refractivity contribution in [2.45, 2.75) is 70.5 Å². The lowest BCUT2D eigenvalue weighted by Gasteiger charge is -2.21. The van der Waals surface area contributed by atoms with Gasteiger partial charge in [-0.3, -0.25) is 4.79 Å². The van der Waals surface area contributed by atoms with Gasteiger partial charge in [0.2, 0.25) is 5.91 Å². The molecule has 1 saturated carbocycles. The van der Waals surface area contributed by atoms with Gasteiger partial charge in [-0.2, -0.15) is 0 Å². The molecule has 0 radical (unpaired) electrons. The van der Waals surface area contributed by atoms with Crippen molar-refractivity contribution >= 4 is 17.7 Å². The molecule has 1 heterocycles. The number of hydrogen-bond donors (Lipinski definition) is 1. The van der Waals surface area contributed by atoms with Crippen LogP contribution in [0.4, 0.5) is 0 Å². The molecule has 0 spiro atoms. The fourth-order valence-corrected chi connectivity index (χ4v) is 4.09. The molecule has 0 atom stereocenters. The lowest BCUT2D eigenvalue weighted by molar-refractivity contribution is -0.118. The number of rotatable bonds is 8. The van der Waals surface area contributed by atoms with Gasteiger partial charge in [0.1, 0.15) is 5.82 Å². The van der Waals surface area contributed by atoms with Crippen LogP contribution < -0.4 is 5.73 Å². The van der Waals surface area contributed by atoms with Gasteiger partial charge in [0.25, 0.3) is 0 Å². The molecular weight excluding hydrogens is 296 g/mol. The van der Waals surface area contributed by atoms with Crippen LogP contribution in [0.2, 0.25) is 0 Å². The van der Waals surface area contributed by atoms with Crippen LogP contribution in [0.1, 0.15) is 58.2 Å². The summed E-state index contributed by atoms with van der Waals surface area (Å²) in [6, 6.07) is 0. The lowest BCUT2D eigenvalue weighted by atomic mass is 9.91. The quantitative estimate of drug-likeness (QED) is 0.746. The van der Waals surface area contributed by atoms with Crippen molar-refractivity contribution in [2.75, 3.05) is 5.75 Å². The summed E-state index contributed by atoms with van der Waals surface area (Å²) < 4.78 is 2.18. The predicted molar refractivity (Wildman–Crippen MR) is 89.7 cm³/mol. The van der Waals surface area contributed by atoms with Crippen LogP contribution in [-0.2, 0) is 17.8 Å². The first kappa shape index (κ1) is 17.3. The Balaban J connectivity index is 1.99. The van der Waals surface area contributed by atoms with E-state index >= 15 is 0 Å². The smallest absolute Gasteiger partial charge is 0.217 e. The van der Waals surface area contributed by atoms with Gasteiger partial charge >= 0.3 is 0 Å². The van der Waals surface area contributed by atoms with E-state index < -0.39 is 0 Å². The van der Waals surface area contributed by atoms with Gasteiger partial charge in [-0.15, -0.1) is 10.2 Å². The van der Waals surface area contributed by atoms with Gasteiger partial charge < -0.3 is 10.3 Å². The molecule has 0 aliphatic heterocycles. The maximum Gasteiger partial charge on any atom is 0.217 e. The lowest BCUT2D eigenvalue weighted by Crippen LogP contribution is -2.15. The van der Waals surface area contributed by atoms with Crippen molar-refractivity contribution in [3.63, 3.8) is 0 Å². The number of thioether (sulfide) groups is 1. The molecule has 5 nitrogen and oxygen atoms in total. The van der Waals surface area contributed by atoms with E-state index in [1.54, 1.807) is 0 Å². The minimum atomic E-state index is -0.282. The van der Waals surface area contributed by atoms with Crippen LogP contribution >= 0.6 is 11.8 Å². The third kappa shape index (κ3) is 5.30. The second-order valence-electron chi connectivity index (χ2n) is 6.68. The molecule has 2 N–H and O–H groups in total. The highest BCUT2D eigenvalue weighted by Gasteiger charge is 2.18. The molecule has 1 fully saturated rings. The monoisotopic (exact) mass is 324 g/mol. The Morgan fingerprint density at radius 1 is 1.32 bits per heavy atom. The van der Waals surface area contributed by atoms with E-state index in [0.29, 0.717) is 18.8 Å². The van der Waals surface area contributed by atoms with E-state index in [2.05, 4.69) is 28.6 Å². The van der Waals surface area contributed by atoms with Crippen LogP contribution in [0.15, 0.2) is 5.16 Å². The molecule has 0 unspecified atom stereocenters. The van der Waals surface area contributed by atoms with Gasteiger partial charge in [0, 0.05) is 25.1 Å². The van der Waals surface area contributed by atoms with E-state index in [0.717, 1.165) is 29.2 Å². The summed E-state index contributed by atoms with van der Waals surface area (Å²) in [5, 5.41) is 9.64. The molecule has 124 valence electrons. The number of carbonyl (C=O) groups excluding carboxylic acids is 1. The number of hydrogen-bond acceptors (Lipinski definition) is 4. The van der Waals surface area contributed by atoms with Crippen LogP contribution in [0.5, 0.6) is 0 Å². The average molecular weight is 324 g/mol. The average Bonchev–Trinajstić information content (AvgIpc) is 2.85. The highest BCUT2D eigenvalue weighted by Crippen LogP contribution is 2.29. The second-order valence-corrected chi connectivity index (χ2v) is 7.67. The van der Waals surface area contributed by atoms with E-state index in [9.17, 15) is 4.79 Å². The molecule has 0 saturated heterocycles. The summed E-state index contributed by atoms with van der Waals surface area (Å²) in [6.45, 7) is 5.27. The molecule has 1 aliphatic carbocycles. The van der Waals surface area contributed by atoms with Crippen molar-refractivity contribution in [3.05, 3.63) is 5.82 Å². The van der Waals surface area contributed by atoms with Crippen LogP contribution in [-0.4, -0.2) is 26.4 Å². The largest absolute Gasteiger partial charge is 0.370 e. The first-order chi connectivity index (χ1) is 10.6. The van der Waals surface area contributed by atoms with E-state index in [1.807, 2.05) is 11.8 Å². The maximum atomic E-state index is 11.0. The summed E-state index contributed by atoms with van der Waals surface area (Å²) in [6.07, 6.45) is 7.74. The van der Waals surface area contributed by atoms with Gasteiger partial charge in [-0.25, -0.2) is 0 Å². The zero-order valence-corrected chi connectivity index (χ0v) is 14.6. The highest BCUT2D eigenvalue weighted by molar-refractivity contribution is 7.99. The summed E-state index contributed by atoms with van der Waals surface area (Å²) in [4.78, 5) is 11.0. The Hall–Kier alpha value is -1.04. The summed E-state index contributed by atoms with van der Waals surface area (Å²) >= 11 is 1.82. The van der Waals surface area contributed by atoms with Gasteiger partial charge in [0.15, 0.2) is 5.16 Å². The van der Waals surface area contributed by atoms with Crippen molar-refractivity contribution in [3.8, 4) is 0 Å². The van der Waals surface area contributed by atoms with Gasteiger partial charge in [-0.05, 0) is 24.7 Å². The van der Waals surface area contributed by atoms with Crippen LogP contribution in [0, 0.1) is 11.8 Å². The van der Waals surface area contributed by atoms with Crippen LogP contribution in [0.25, 0.3) is 0 Å². The van der Waals surface area contributed by atoms with Gasteiger partial charge in [0.05, 0.1) is 0 Å². The standard InChI is InChI=1S/C16H28N4OS/c1-12(2)10-20-15(9-8-14(17)21)18-19-16(20)22-11-13-6-4-3-5-7-13/h12-13H,3-11H2,1-2H3,(H2,17,21). The molecule has 0 aromatic carbocycles. The molecule has 6 heteroatoms. The highest BCUT2D eigenvalue weighted by atomic mass is 32.2. The molecule has 1 amide bonds. The zero-order chi connectivity index (χ0) is 15.9. The molecule has 1 aromatic heterocycles. The third-order valence-corrected chi connectivity index (χ3v) is 5.31. The number of aryl methyl sites for hydroxylation is 1. The molecule has 2 rings (SSSR count). The zero-order valence-electron chi connectivity index (χ0n) is 13.8. The predicted octanol–water partition coefficient (Wildman–Crippen LogP) is 3.02. The molecule has 1 aromatic rings. The van der Waals surface area contributed by atoms with Crippen molar-refractivity contribution < 1.29 is 4.79 Å². The Morgan fingerprint density at radius 3 is 2.68 bits per heavy atom. The number of aromatic nitrogens is 3. The fraction of sp³-hybridized carbons (Fsp3) is 0.812. The minimum absolute atomic E-state index is 0.282. The SMILES string of the molecule is CC(C)Cn1c(CCC(N)=O)nnc1SCC1CCCCC1. The number of amides is 1.